The van der Waals surface area contributed by atoms with E-state index in [1.54, 1.807) is 61.4 Å². The SMILES string of the molecule is CCCCN(Cc1nc2ccccc2c(=O)[nH]1)C(=O)[C@@H](C)Oc1ccc(OC)cc1. The van der Waals surface area contributed by atoms with Gasteiger partial charge in [-0.25, -0.2) is 4.98 Å². The molecule has 0 aliphatic carbocycles. The van der Waals surface area contributed by atoms with Crippen molar-refractivity contribution in [1.29, 1.82) is 0 Å². The molecule has 7 nitrogen and oxygen atoms in total. The van der Waals surface area contributed by atoms with Crippen LogP contribution in [-0.4, -0.2) is 40.5 Å². The van der Waals surface area contributed by atoms with Crippen molar-refractivity contribution in [2.75, 3.05) is 13.7 Å². The maximum Gasteiger partial charge on any atom is 0.263 e. The van der Waals surface area contributed by atoms with E-state index in [2.05, 4.69) is 16.9 Å². The minimum Gasteiger partial charge on any atom is -0.497 e. The van der Waals surface area contributed by atoms with Gasteiger partial charge in [0.05, 0.1) is 24.6 Å². The summed E-state index contributed by atoms with van der Waals surface area (Å²) in [7, 11) is 1.60. The van der Waals surface area contributed by atoms with Crippen molar-refractivity contribution in [3.05, 3.63) is 64.7 Å². The fourth-order valence-electron chi connectivity index (χ4n) is 3.17. The van der Waals surface area contributed by atoms with E-state index < -0.39 is 6.10 Å². The number of methoxy groups -OCH3 is 1. The predicted molar refractivity (Wildman–Crippen MR) is 116 cm³/mol. The van der Waals surface area contributed by atoms with Gasteiger partial charge in [-0.15, -0.1) is 0 Å². The van der Waals surface area contributed by atoms with Gasteiger partial charge in [-0.05, 0) is 49.7 Å². The van der Waals surface area contributed by atoms with Crippen molar-refractivity contribution in [3.8, 4) is 11.5 Å². The number of para-hydroxylation sites is 1. The standard InChI is InChI=1S/C23H27N3O4/c1-4-5-14-26(15-21-24-20-9-7-6-8-19(20)22(27)25-21)23(28)16(2)30-18-12-10-17(29-3)11-13-18/h6-13,16H,4-5,14-15H2,1-3H3,(H,24,25,27)/t16-/m1/s1. The van der Waals surface area contributed by atoms with Crippen LogP contribution in [0.15, 0.2) is 53.3 Å². The molecule has 0 spiro atoms. The molecule has 0 saturated heterocycles. The lowest BCUT2D eigenvalue weighted by Crippen LogP contribution is -2.41. The topological polar surface area (TPSA) is 84.5 Å². The van der Waals surface area contributed by atoms with Crippen LogP contribution < -0.4 is 15.0 Å². The summed E-state index contributed by atoms with van der Waals surface area (Å²) in [6.07, 6.45) is 1.11. The molecule has 0 radical (unpaired) electrons. The molecular formula is C23H27N3O4. The van der Waals surface area contributed by atoms with Gasteiger partial charge in [0.2, 0.25) is 0 Å². The summed E-state index contributed by atoms with van der Waals surface area (Å²) in [5.74, 6) is 1.61. The zero-order valence-electron chi connectivity index (χ0n) is 17.6. The van der Waals surface area contributed by atoms with E-state index in [-0.39, 0.29) is 18.0 Å². The summed E-state index contributed by atoms with van der Waals surface area (Å²) >= 11 is 0. The number of aromatic nitrogens is 2. The summed E-state index contributed by atoms with van der Waals surface area (Å²) in [6, 6.07) is 14.3. The Balaban J connectivity index is 1.77. The highest BCUT2D eigenvalue weighted by molar-refractivity contribution is 5.81. The van der Waals surface area contributed by atoms with Crippen molar-refractivity contribution in [1.82, 2.24) is 14.9 Å². The van der Waals surface area contributed by atoms with Crippen molar-refractivity contribution in [2.24, 2.45) is 0 Å². The van der Waals surface area contributed by atoms with Gasteiger partial charge in [0, 0.05) is 6.54 Å². The summed E-state index contributed by atoms with van der Waals surface area (Å²) in [5, 5.41) is 0.531. The Morgan fingerprint density at radius 1 is 1.13 bits per heavy atom. The Kier molecular flexibility index (Phi) is 7.06. The predicted octanol–water partition coefficient (Wildman–Crippen LogP) is 3.53. The number of amides is 1. The molecule has 3 aromatic rings. The number of nitrogens with zero attached hydrogens (tertiary/aromatic N) is 2. The second-order valence-corrected chi connectivity index (χ2v) is 7.08. The molecule has 0 saturated carbocycles. The maximum absolute atomic E-state index is 13.1. The molecule has 1 heterocycles. The summed E-state index contributed by atoms with van der Waals surface area (Å²) in [5.41, 5.74) is 0.405. The van der Waals surface area contributed by atoms with E-state index in [1.807, 2.05) is 6.07 Å². The first-order chi connectivity index (χ1) is 14.5. The van der Waals surface area contributed by atoms with Crippen LogP contribution in [0.5, 0.6) is 11.5 Å². The third-order valence-electron chi connectivity index (χ3n) is 4.82. The molecule has 0 aliphatic heterocycles. The van der Waals surface area contributed by atoms with Crippen LogP contribution >= 0.6 is 0 Å². The van der Waals surface area contributed by atoms with Gasteiger partial charge in [-0.1, -0.05) is 25.5 Å². The number of H-pyrrole nitrogens is 1. The Morgan fingerprint density at radius 2 is 1.83 bits per heavy atom. The second-order valence-electron chi connectivity index (χ2n) is 7.08. The first kappa shape index (κ1) is 21.4. The third-order valence-corrected chi connectivity index (χ3v) is 4.82. The molecule has 7 heteroatoms. The van der Waals surface area contributed by atoms with Gasteiger partial charge in [0.15, 0.2) is 6.10 Å². The van der Waals surface area contributed by atoms with Crippen LogP contribution in [0.2, 0.25) is 0 Å². The number of unbranched alkanes of at least 4 members (excludes halogenated alkanes) is 1. The number of rotatable bonds is 9. The summed E-state index contributed by atoms with van der Waals surface area (Å²) < 4.78 is 11.0. The Bertz CT molecular complexity index is 1050. The van der Waals surface area contributed by atoms with E-state index in [0.29, 0.717) is 29.0 Å². The lowest BCUT2D eigenvalue weighted by Gasteiger charge is -2.26. The van der Waals surface area contributed by atoms with Crippen molar-refractivity contribution in [3.63, 3.8) is 0 Å². The van der Waals surface area contributed by atoms with Crippen LogP contribution in [-0.2, 0) is 11.3 Å². The molecule has 1 amide bonds. The average molecular weight is 409 g/mol. The quantitative estimate of drug-likeness (QED) is 0.584. The normalized spacial score (nSPS) is 11.8. The average Bonchev–Trinajstić information content (AvgIpc) is 2.76. The third kappa shape index (κ3) is 5.17. The second kappa shape index (κ2) is 9.91. The zero-order chi connectivity index (χ0) is 21.5. The molecule has 1 aromatic heterocycles. The van der Waals surface area contributed by atoms with Gasteiger partial charge in [-0.3, -0.25) is 9.59 Å². The zero-order valence-corrected chi connectivity index (χ0v) is 17.6. The number of carbonyl (C=O) groups is 1. The Hall–Kier alpha value is -3.35. The van der Waals surface area contributed by atoms with Crippen LogP contribution in [0.4, 0.5) is 0 Å². The molecule has 0 fully saturated rings. The molecular weight excluding hydrogens is 382 g/mol. The number of hydrogen-bond donors (Lipinski definition) is 1. The highest BCUT2D eigenvalue weighted by atomic mass is 16.5. The Labute approximate surface area is 175 Å². The fourth-order valence-corrected chi connectivity index (χ4v) is 3.17. The van der Waals surface area contributed by atoms with Gasteiger partial charge < -0.3 is 19.4 Å². The van der Waals surface area contributed by atoms with Crippen LogP contribution in [0.3, 0.4) is 0 Å². The fraction of sp³-hybridized carbons (Fsp3) is 0.348. The van der Waals surface area contributed by atoms with E-state index in [4.69, 9.17) is 9.47 Å². The van der Waals surface area contributed by atoms with Gasteiger partial charge >= 0.3 is 0 Å². The first-order valence-electron chi connectivity index (χ1n) is 10.1. The number of hydrogen-bond acceptors (Lipinski definition) is 5. The number of fused-ring (bicyclic) bond motifs is 1. The highest BCUT2D eigenvalue weighted by Crippen LogP contribution is 2.19. The minimum absolute atomic E-state index is 0.157. The Morgan fingerprint density at radius 3 is 2.53 bits per heavy atom. The van der Waals surface area contributed by atoms with Crippen LogP contribution in [0, 0.1) is 0 Å². The largest absolute Gasteiger partial charge is 0.497 e. The number of nitrogens with one attached hydrogen (secondary N) is 1. The van der Waals surface area contributed by atoms with Crippen molar-refractivity contribution < 1.29 is 14.3 Å². The van der Waals surface area contributed by atoms with E-state index in [1.165, 1.54) is 0 Å². The number of aromatic amines is 1. The van der Waals surface area contributed by atoms with Crippen LogP contribution in [0.1, 0.15) is 32.5 Å². The molecule has 0 unspecified atom stereocenters. The first-order valence-corrected chi connectivity index (χ1v) is 10.1. The number of ether oxygens (including phenoxy) is 2. The molecule has 0 aliphatic rings. The van der Waals surface area contributed by atoms with E-state index >= 15 is 0 Å². The number of benzene rings is 2. The van der Waals surface area contributed by atoms with Crippen molar-refractivity contribution in [2.45, 2.75) is 39.3 Å². The molecule has 0 bridgehead atoms. The smallest absolute Gasteiger partial charge is 0.263 e. The molecule has 158 valence electrons. The molecule has 1 N–H and O–H groups in total. The molecule has 3 rings (SSSR count). The van der Waals surface area contributed by atoms with Crippen LogP contribution in [0.25, 0.3) is 10.9 Å². The number of carbonyl (C=O) groups excluding carboxylic acids is 1. The molecule has 1 atom stereocenters. The highest BCUT2D eigenvalue weighted by Gasteiger charge is 2.23. The summed E-state index contributed by atoms with van der Waals surface area (Å²) in [6.45, 7) is 4.57. The molecule has 30 heavy (non-hydrogen) atoms. The minimum atomic E-state index is -0.678. The summed E-state index contributed by atoms with van der Waals surface area (Å²) in [4.78, 5) is 34.5. The lowest BCUT2D eigenvalue weighted by atomic mass is 10.2. The lowest BCUT2D eigenvalue weighted by molar-refractivity contribution is -0.138. The van der Waals surface area contributed by atoms with Gasteiger partial charge in [0.1, 0.15) is 17.3 Å². The maximum atomic E-state index is 13.1. The van der Waals surface area contributed by atoms with E-state index in [9.17, 15) is 9.59 Å². The monoisotopic (exact) mass is 409 g/mol. The molecule has 2 aromatic carbocycles. The van der Waals surface area contributed by atoms with E-state index in [0.717, 1.165) is 18.6 Å². The van der Waals surface area contributed by atoms with Gasteiger partial charge in [-0.2, -0.15) is 0 Å². The van der Waals surface area contributed by atoms with Crippen molar-refractivity contribution >= 4 is 16.8 Å². The van der Waals surface area contributed by atoms with Gasteiger partial charge in [0.25, 0.3) is 11.5 Å².